The van der Waals surface area contributed by atoms with E-state index in [-0.39, 0.29) is 6.04 Å². The van der Waals surface area contributed by atoms with Gasteiger partial charge in [0.05, 0.1) is 6.04 Å². The third-order valence-corrected chi connectivity index (χ3v) is 4.84. The van der Waals surface area contributed by atoms with Crippen LogP contribution in [0.5, 0.6) is 0 Å². The Bertz CT molecular complexity index is 343. The molecule has 1 aromatic rings. The van der Waals surface area contributed by atoms with Crippen LogP contribution in [0.15, 0.2) is 17.5 Å². The minimum Gasteiger partial charge on any atom is -0.326 e. The lowest BCUT2D eigenvalue weighted by atomic mass is 10.0. The lowest BCUT2D eigenvalue weighted by Gasteiger charge is -2.37. The molecule has 1 heterocycles. The van der Waals surface area contributed by atoms with Crippen molar-refractivity contribution < 1.29 is 0 Å². The van der Waals surface area contributed by atoms with E-state index in [2.05, 4.69) is 43.2 Å². The summed E-state index contributed by atoms with van der Waals surface area (Å²) in [5.41, 5.74) is 6.41. The van der Waals surface area contributed by atoms with E-state index in [1.807, 2.05) is 11.3 Å². The van der Waals surface area contributed by atoms with E-state index in [1.165, 1.54) is 24.3 Å². The second-order valence-electron chi connectivity index (χ2n) is 5.77. The number of rotatable bonds is 7. The quantitative estimate of drug-likeness (QED) is 0.816. The first-order chi connectivity index (χ1) is 8.63. The summed E-state index contributed by atoms with van der Waals surface area (Å²) in [7, 11) is 0. The van der Waals surface area contributed by atoms with E-state index in [0.717, 1.165) is 12.3 Å². The Balaban J connectivity index is 2.18. The summed E-state index contributed by atoms with van der Waals surface area (Å²) < 4.78 is 0. The highest BCUT2D eigenvalue weighted by molar-refractivity contribution is 7.10. The smallest absolute Gasteiger partial charge is 0.0595 e. The fourth-order valence-corrected chi connectivity index (χ4v) is 3.47. The van der Waals surface area contributed by atoms with Crippen molar-refractivity contribution in [2.24, 2.45) is 11.7 Å². The Morgan fingerprint density at radius 2 is 2.17 bits per heavy atom. The molecule has 1 aromatic heterocycles. The topological polar surface area (TPSA) is 29.3 Å². The van der Waals surface area contributed by atoms with Crippen LogP contribution in [-0.4, -0.2) is 23.5 Å². The van der Waals surface area contributed by atoms with Crippen LogP contribution in [0.3, 0.4) is 0 Å². The summed E-state index contributed by atoms with van der Waals surface area (Å²) in [6, 6.07) is 5.59. The van der Waals surface area contributed by atoms with Crippen molar-refractivity contribution in [1.82, 2.24) is 4.90 Å². The van der Waals surface area contributed by atoms with Crippen LogP contribution in [0.2, 0.25) is 0 Å². The van der Waals surface area contributed by atoms with Crippen molar-refractivity contribution in [3.8, 4) is 0 Å². The highest BCUT2D eigenvalue weighted by Crippen LogP contribution is 2.36. The standard InChI is InChI=1S/C15H26N2S/c1-4-13(16)15(14-6-5-9-18-14)17(11(2)3)10-12-7-8-12/h5-6,9,11-13,15H,4,7-8,10,16H2,1-3H3. The molecule has 0 saturated heterocycles. The van der Waals surface area contributed by atoms with Crippen molar-refractivity contribution in [3.05, 3.63) is 22.4 Å². The van der Waals surface area contributed by atoms with E-state index in [0.29, 0.717) is 12.1 Å². The summed E-state index contributed by atoms with van der Waals surface area (Å²) in [6.07, 6.45) is 3.85. The van der Waals surface area contributed by atoms with Gasteiger partial charge in [0.25, 0.3) is 0 Å². The summed E-state index contributed by atoms with van der Waals surface area (Å²) >= 11 is 1.85. The van der Waals surface area contributed by atoms with Gasteiger partial charge in [-0.1, -0.05) is 13.0 Å². The average molecular weight is 266 g/mol. The minimum atomic E-state index is 0.241. The molecule has 2 N–H and O–H groups in total. The van der Waals surface area contributed by atoms with Gasteiger partial charge in [-0.2, -0.15) is 0 Å². The number of thiophene rings is 1. The maximum atomic E-state index is 6.41. The second-order valence-corrected chi connectivity index (χ2v) is 6.75. The molecule has 1 saturated carbocycles. The molecule has 18 heavy (non-hydrogen) atoms. The van der Waals surface area contributed by atoms with Gasteiger partial charge < -0.3 is 5.73 Å². The second kappa shape index (κ2) is 6.18. The molecule has 0 aromatic carbocycles. The van der Waals surface area contributed by atoms with Gasteiger partial charge in [-0.25, -0.2) is 0 Å². The molecule has 102 valence electrons. The highest BCUT2D eigenvalue weighted by Gasteiger charge is 2.33. The molecule has 0 spiro atoms. The first kappa shape index (κ1) is 14.0. The fraction of sp³-hybridized carbons (Fsp3) is 0.733. The van der Waals surface area contributed by atoms with Crippen LogP contribution in [0.25, 0.3) is 0 Å². The van der Waals surface area contributed by atoms with Crippen molar-refractivity contribution >= 4 is 11.3 Å². The molecule has 0 aliphatic heterocycles. The Morgan fingerprint density at radius 3 is 2.61 bits per heavy atom. The molecule has 3 heteroatoms. The van der Waals surface area contributed by atoms with Crippen LogP contribution in [0, 0.1) is 5.92 Å². The Labute approximate surface area is 115 Å². The van der Waals surface area contributed by atoms with E-state index < -0.39 is 0 Å². The monoisotopic (exact) mass is 266 g/mol. The molecule has 2 atom stereocenters. The molecule has 2 nitrogen and oxygen atoms in total. The van der Waals surface area contributed by atoms with Gasteiger partial charge in [-0.15, -0.1) is 11.3 Å². The molecule has 1 aliphatic carbocycles. The number of hydrogen-bond acceptors (Lipinski definition) is 3. The summed E-state index contributed by atoms with van der Waals surface area (Å²) in [4.78, 5) is 4.05. The van der Waals surface area contributed by atoms with E-state index in [4.69, 9.17) is 5.73 Å². The number of nitrogens with zero attached hydrogens (tertiary/aromatic N) is 1. The Hall–Kier alpha value is -0.380. The maximum absolute atomic E-state index is 6.41. The first-order valence-electron chi connectivity index (χ1n) is 7.18. The maximum Gasteiger partial charge on any atom is 0.0595 e. The summed E-state index contributed by atoms with van der Waals surface area (Å²) in [5, 5.41) is 2.17. The molecular formula is C15H26N2S. The van der Waals surface area contributed by atoms with E-state index in [9.17, 15) is 0 Å². The molecular weight excluding hydrogens is 240 g/mol. The zero-order chi connectivity index (χ0) is 13.1. The van der Waals surface area contributed by atoms with E-state index in [1.54, 1.807) is 0 Å². The molecule has 0 amide bonds. The third kappa shape index (κ3) is 3.34. The van der Waals surface area contributed by atoms with Gasteiger partial charge in [-0.05, 0) is 50.5 Å². The molecule has 2 unspecified atom stereocenters. The predicted molar refractivity (Wildman–Crippen MR) is 79.9 cm³/mol. The zero-order valence-electron chi connectivity index (χ0n) is 11.8. The average Bonchev–Trinajstić information content (AvgIpc) is 3.01. The number of hydrogen-bond donors (Lipinski definition) is 1. The highest BCUT2D eigenvalue weighted by atomic mass is 32.1. The van der Waals surface area contributed by atoms with Gasteiger partial charge in [-0.3, -0.25) is 4.90 Å². The zero-order valence-corrected chi connectivity index (χ0v) is 12.6. The lowest BCUT2D eigenvalue weighted by molar-refractivity contribution is 0.126. The largest absolute Gasteiger partial charge is 0.326 e. The van der Waals surface area contributed by atoms with Crippen molar-refractivity contribution in [2.45, 2.75) is 58.2 Å². The third-order valence-electron chi connectivity index (χ3n) is 3.90. The Morgan fingerprint density at radius 1 is 1.44 bits per heavy atom. The van der Waals surface area contributed by atoms with Crippen molar-refractivity contribution in [2.75, 3.05) is 6.54 Å². The van der Waals surface area contributed by atoms with Crippen LogP contribution >= 0.6 is 11.3 Å². The van der Waals surface area contributed by atoms with E-state index >= 15 is 0 Å². The SMILES string of the molecule is CCC(N)C(c1cccs1)N(CC1CC1)C(C)C. The van der Waals surface area contributed by atoms with Crippen LogP contribution in [0.1, 0.15) is 51.0 Å². The van der Waals surface area contributed by atoms with Crippen molar-refractivity contribution in [3.63, 3.8) is 0 Å². The molecule has 0 radical (unpaired) electrons. The van der Waals surface area contributed by atoms with Crippen LogP contribution in [-0.2, 0) is 0 Å². The van der Waals surface area contributed by atoms with Gasteiger partial charge in [0, 0.05) is 23.5 Å². The first-order valence-corrected chi connectivity index (χ1v) is 8.06. The molecule has 0 bridgehead atoms. The summed E-state index contributed by atoms with van der Waals surface area (Å²) in [5.74, 6) is 0.916. The summed E-state index contributed by atoms with van der Waals surface area (Å²) in [6.45, 7) is 8.01. The normalized spacial score (nSPS) is 19.4. The molecule has 1 fully saturated rings. The fourth-order valence-electron chi connectivity index (χ4n) is 2.55. The Kier molecular flexibility index (Phi) is 4.82. The predicted octanol–water partition coefficient (Wildman–Crippen LogP) is 3.65. The van der Waals surface area contributed by atoms with Gasteiger partial charge >= 0.3 is 0 Å². The lowest BCUT2D eigenvalue weighted by Crippen LogP contribution is -2.44. The van der Waals surface area contributed by atoms with Crippen LogP contribution in [0.4, 0.5) is 0 Å². The number of nitrogens with two attached hydrogens (primary N) is 1. The van der Waals surface area contributed by atoms with Gasteiger partial charge in [0.15, 0.2) is 0 Å². The van der Waals surface area contributed by atoms with Crippen molar-refractivity contribution in [1.29, 1.82) is 0 Å². The van der Waals surface area contributed by atoms with Gasteiger partial charge in [0.2, 0.25) is 0 Å². The van der Waals surface area contributed by atoms with Crippen LogP contribution < -0.4 is 5.73 Å². The minimum absolute atomic E-state index is 0.241. The molecule has 1 aliphatic rings. The molecule has 2 rings (SSSR count). The van der Waals surface area contributed by atoms with Gasteiger partial charge in [0.1, 0.15) is 0 Å².